The summed E-state index contributed by atoms with van der Waals surface area (Å²) in [5.74, 6) is -1.98. The number of anilines is 1. The van der Waals surface area contributed by atoms with Gasteiger partial charge in [-0.25, -0.2) is 0 Å². The lowest BCUT2D eigenvalue weighted by molar-refractivity contribution is -0.135. The van der Waals surface area contributed by atoms with Crippen molar-refractivity contribution in [2.75, 3.05) is 11.4 Å². The molecule has 1 amide bonds. The summed E-state index contributed by atoms with van der Waals surface area (Å²) in [5, 5.41) is 9.38. The van der Waals surface area contributed by atoms with Crippen LogP contribution in [-0.4, -0.2) is 18.2 Å². The number of benzene rings is 1. The maximum absolute atomic E-state index is 12.5. The molecule has 0 spiro atoms. The van der Waals surface area contributed by atoms with E-state index in [9.17, 15) is 9.59 Å². The standard InChI is InChI=1S/C15H15ClN2O2/c1-10(9-17)14(19)13-6-3-7-18(15(13)20)12-5-2-4-11(16)8-12/h2,4-5,8,10,13H,3,6-7H2,1H3/t10-,13-/m1/s1. The predicted molar refractivity (Wildman–Crippen MR) is 76.3 cm³/mol. The second-order valence-electron chi connectivity index (χ2n) is 4.92. The van der Waals surface area contributed by atoms with Crippen molar-refractivity contribution in [3.8, 4) is 6.07 Å². The molecule has 1 aliphatic heterocycles. The lowest BCUT2D eigenvalue weighted by Crippen LogP contribution is -2.45. The van der Waals surface area contributed by atoms with Crippen LogP contribution in [0.4, 0.5) is 5.69 Å². The molecule has 4 nitrogen and oxygen atoms in total. The second-order valence-corrected chi connectivity index (χ2v) is 5.35. The van der Waals surface area contributed by atoms with Crippen LogP contribution in [0, 0.1) is 23.2 Å². The molecular formula is C15H15ClN2O2. The minimum absolute atomic E-state index is 0.231. The molecule has 5 heteroatoms. The summed E-state index contributed by atoms with van der Waals surface area (Å²) in [6.45, 7) is 2.11. The first-order valence-corrected chi connectivity index (χ1v) is 6.92. The van der Waals surface area contributed by atoms with Gasteiger partial charge in [0.15, 0.2) is 5.78 Å². The Hall–Kier alpha value is -1.86. The number of amides is 1. The molecule has 2 atom stereocenters. The molecule has 0 unspecified atom stereocenters. The molecular weight excluding hydrogens is 276 g/mol. The monoisotopic (exact) mass is 290 g/mol. The van der Waals surface area contributed by atoms with E-state index in [-0.39, 0.29) is 11.7 Å². The molecule has 0 radical (unpaired) electrons. The third-order valence-corrected chi connectivity index (χ3v) is 3.76. The number of carbonyl (C=O) groups excluding carboxylic acids is 2. The van der Waals surface area contributed by atoms with Crippen molar-refractivity contribution in [1.82, 2.24) is 0 Å². The molecule has 0 N–H and O–H groups in total. The Morgan fingerprint density at radius 2 is 2.30 bits per heavy atom. The fraction of sp³-hybridized carbons (Fsp3) is 0.400. The van der Waals surface area contributed by atoms with E-state index in [0.717, 1.165) is 6.42 Å². The van der Waals surface area contributed by atoms with E-state index in [4.69, 9.17) is 16.9 Å². The molecule has 0 aliphatic carbocycles. The quantitative estimate of drug-likeness (QED) is 0.804. The van der Waals surface area contributed by atoms with Gasteiger partial charge in [0, 0.05) is 17.3 Å². The van der Waals surface area contributed by atoms with Crippen LogP contribution >= 0.6 is 11.6 Å². The number of rotatable bonds is 3. The first-order valence-electron chi connectivity index (χ1n) is 6.55. The van der Waals surface area contributed by atoms with Gasteiger partial charge in [-0.15, -0.1) is 0 Å². The zero-order valence-corrected chi connectivity index (χ0v) is 11.9. The summed E-state index contributed by atoms with van der Waals surface area (Å²) in [5.41, 5.74) is 0.699. The van der Waals surface area contributed by atoms with Crippen molar-refractivity contribution in [2.24, 2.45) is 11.8 Å². The molecule has 0 bridgehead atoms. The van der Waals surface area contributed by atoms with Crippen molar-refractivity contribution in [1.29, 1.82) is 5.26 Å². The summed E-state index contributed by atoms with van der Waals surface area (Å²) in [6, 6.07) is 8.92. The number of nitrogens with zero attached hydrogens (tertiary/aromatic N) is 2. The zero-order chi connectivity index (χ0) is 14.7. The van der Waals surface area contributed by atoms with E-state index >= 15 is 0 Å². The summed E-state index contributed by atoms with van der Waals surface area (Å²) in [6.07, 6.45) is 1.26. The van der Waals surface area contributed by atoms with Gasteiger partial charge in [-0.2, -0.15) is 5.26 Å². The van der Waals surface area contributed by atoms with Crippen LogP contribution in [0.3, 0.4) is 0 Å². The smallest absolute Gasteiger partial charge is 0.237 e. The van der Waals surface area contributed by atoms with Crippen LogP contribution < -0.4 is 4.90 Å². The van der Waals surface area contributed by atoms with E-state index in [2.05, 4.69) is 0 Å². The Bertz CT molecular complexity index is 579. The highest BCUT2D eigenvalue weighted by Gasteiger charge is 2.36. The van der Waals surface area contributed by atoms with Gasteiger partial charge >= 0.3 is 0 Å². The summed E-state index contributed by atoms with van der Waals surface area (Å²) < 4.78 is 0. The Morgan fingerprint density at radius 1 is 1.55 bits per heavy atom. The molecule has 1 heterocycles. The highest BCUT2D eigenvalue weighted by Crippen LogP contribution is 2.28. The predicted octanol–water partition coefficient (Wildman–Crippen LogP) is 2.81. The average molecular weight is 291 g/mol. The summed E-state index contributed by atoms with van der Waals surface area (Å²) in [4.78, 5) is 26.1. The minimum Gasteiger partial charge on any atom is -0.312 e. The largest absolute Gasteiger partial charge is 0.312 e. The van der Waals surface area contributed by atoms with Crippen LogP contribution in [0.1, 0.15) is 19.8 Å². The first-order chi connectivity index (χ1) is 9.54. The fourth-order valence-corrected chi connectivity index (χ4v) is 2.59. The van der Waals surface area contributed by atoms with E-state index < -0.39 is 11.8 Å². The molecule has 2 rings (SSSR count). The van der Waals surface area contributed by atoms with Crippen LogP contribution in [-0.2, 0) is 9.59 Å². The van der Waals surface area contributed by atoms with Gasteiger partial charge in [-0.05, 0) is 38.0 Å². The van der Waals surface area contributed by atoms with Crippen LogP contribution in [0.2, 0.25) is 5.02 Å². The maximum atomic E-state index is 12.5. The number of nitriles is 1. The molecule has 1 aromatic rings. The van der Waals surface area contributed by atoms with Gasteiger partial charge in [-0.3, -0.25) is 9.59 Å². The number of carbonyl (C=O) groups is 2. The van der Waals surface area contributed by atoms with Crippen molar-refractivity contribution >= 4 is 29.0 Å². The molecule has 1 saturated heterocycles. The molecule has 1 aromatic carbocycles. The van der Waals surface area contributed by atoms with Crippen LogP contribution in [0.25, 0.3) is 0 Å². The Balaban J connectivity index is 2.23. The van der Waals surface area contributed by atoms with Gasteiger partial charge in [0.25, 0.3) is 0 Å². The minimum atomic E-state index is -0.747. The Kier molecular flexibility index (Phi) is 4.41. The summed E-state index contributed by atoms with van der Waals surface area (Å²) >= 11 is 5.94. The third kappa shape index (κ3) is 2.83. The van der Waals surface area contributed by atoms with Crippen molar-refractivity contribution < 1.29 is 9.59 Å². The molecule has 1 fully saturated rings. The van der Waals surface area contributed by atoms with Gasteiger partial charge in [0.2, 0.25) is 5.91 Å². The second kappa shape index (κ2) is 6.06. The Morgan fingerprint density at radius 3 is 2.95 bits per heavy atom. The topological polar surface area (TPSA) is 61.2 Å². The number of piperidine rings is 1. The van der Waals surface area contributed by atoms with E-state index in [0.29, 0.717) is 23.7 Å². The van der Waals surface area contributed by atoms with Gasteiger partial charge < -0.3 is 4.90 Å². The first kappa shape index (κ1) is 14.5. The molecule has 20 heavy (non-hydrogen) atoms. The number of Topliss-reactive ketones (excluding diaryl/α,β-unsaturated/α-hetero) is 1. The summed E-state index contributed by atoms with van der Waals surface area (Å²) in [7, 11) is 0. The molecule has 0 aromatic heterocycles. The van der Waals surface area contributed by atoms with Gasteiger partial charge in [-0.1, -0.05) is 17.7 Å². The molecule has 0 saturated carbocycles. The van der Waals surface area contributed by atoms with E-state index in [1.54, 1.807) is 29.2 Å². The SMILES string of the molecule is C[C@H](C#N)C(=O)[C@H]1CCCN(c2cccc(Cl)c2)C1=O. The van der Waals surface area contributed by atoms with Crippen molar-refractivity contribution in [3.63, 3.8) is 0 Å². The normalized spacial score (nSPS) is 20.4. The zero-order valence-electron chi connectivity index (χ0n) is 11.2. The van der Waals surface area contributed by atoms with Crippen LogP contribution in [0.5, 0.6) is 0 Å². The highest BCUT2D eigenvalue weighted by atomic mass is 35.5. The maximum Gasteiger partial charge on any atom is 0.237 e. The average Bonchev–Trinajstić information content (AvgIpc) is 2.46. The lowest BCUT2D eigenvalue weighted by atomic mass is 9.87. The fourth-order valence-electron chi connectivity index (χ4n) is 2.41. The third-order valence-electron chi connectivity index (χ3n) is 3.52. The highest BCUT2D eigenvalue weighted by molar-refractivity contribution is 6.31. The van der Waals surface area contributed by atoms with Crippen LogP contribution in [0.15, 0.2) is 24.3 Å². The van der Waals surface area contributed by atoms with E-state index in [1.807, 2.05) is 6.07 Å². The van der Waals surface area contributed by atoms with Crippen molar-refractivity contribution in [2.45, 2.75) is 19.8 Å². The van der Waals surface area contributed by atoms with E-state index in [1.165, 1.54) is 6.92 Å². The lowest BCUT2D eigenvalue weighted by Gasteiger charge is -2.32. The molecule has 1 aliphatic rings. The van der Waals surface area contributed by atoms with Gasteiger partial charge in [0.1, 0.15) is 5.92 Å². The number of hydrogen-bond acceptors (Lipinski definition) is 3. The van der Waals surface area contributed by atoms with Crippen molar-refractivity contribution in [3.05, 3.63) is 29.3 Å². The number of ketones is 1. The van der Waals surface area contributed by atoms with Gasteiger partial charge in [0.05, 0.1) is 12.0 Å². The Labute approximate surface area is 122 Å². The number of hydrogen-bond donors (Lipinski definition) is 0. The molecule has 104 valence electrons. The number of halogens is 1.